The predicted molar refractivity (Wildman–Crippen MR) is 73.5 cm³/mol. The summed E-state index contributed by atoms with van der Waals surface area (Å²) in [6.45, 7) is 5.30. The first-order valence-electron chi connectivity index (χ1n) is 6.80. The maximum Gasteiger partial charge on any atom is 0.251 e. The lowest BCUT2D eigenvalue weighted by atomic mass is 10.2. The maximum absolute atomic E-state index is 11.8. The molecule has 104 valence electrons. The van der Waals surface area contributed by atoms with Crippen molar-refractivity contribution in [1.82, 2.24) is 5.32 Å². The van der Waals surface area contributed by atoms with Crippen LogP contribution >= 0.6 is 0 Å². The summed E-state index contributed by atoms with van der Waals surface area (Å²) in [5.74, 6) is 0.720. The normalized spacial score (nSPS) is 18.6. The number of hydrogen-bond donors (Lipinski definition) is 1. The number of benzene rings is 1. The van der Waals surface area contributed by atoms with Crippen LogP contribution in [0.4, 0.5) is 0 Å². The molecule has 0 bridgehead atoms. The lowest BCUT2D eigenvalue weighted by Gasteiger charge is -2.12. The largest absolute Gasteiger partial charge is 0.491 e. The van der Waals surface area contributed by atoms with Crippen molar-refractivity contribution in [3.8, 4) is 5.75 Å². The van der Waals surface area contributed by atoms with Gasteiger partial charge in [-0.25, -0.2) is 0 Å². The van der Waals surface area contributed by atoms with Crippen LogP contribution in [-0.2, 0) is 4.74 Å². The zero-order chi connectivity index (χ0) is 13.7. The SMILES string of the molecule is CC(C)NC(=O)c1ccc(OC[C@H]2CCCO2)cc1. The Morgan fingerprint density at radius 3 is 2.74 bits per heavy atom. The van der Waals surface area contributed by atoms with Gasteiger partial charge in [-0.1, -0.05) is 0 Å². The van der Waals surface area contributed by atoms with Crippen molar-refractivity contribution >= 4 is 5.91 Å². The van der Waals surface area contributed by atoms with Crippen molar-refractivity contribution in [2.75, 3.05) is 13.2 Å². The molecule has 0 aliphatic carbocycles. The molecule has 0 radical (unpaired) electrons. The molecule has 4 heteroatoms. The second kappa shape index (κ2) is 6.57. The Hall–Kier alpha value is -1.55. The van der Waals surface area contributed by atoms with Gasteiger partial charge in [-0.3, -0.25) is 4.79 Å². The van der Waals surface area contributed by atoms with Crippen LogP contribution in [0.1, 0.15) is 37.0 Å². The van der Waals surface area contributed by atoms with Crippen molar-refractivity contribution in [2.45, 2.75) is 38.8 Å². The Balaban J connectivity index is 1.85. The van der Waals surface area contributed by atoms with Gasteiger partial charge in [0.1, 0.15) is 12.4 Å². The van der Waals surface area contributed by atoms with Gasteiger partial charge in [0.2, 0.25) is 0 Å². The van der Waals surface area contributed by atoms with E-state index >= 15 is 0 Å². The summed E-state index contributed by atoms with van der Waals surface area (Å²) in [5.41, 5.74) is 0.651. The van der Waals surface area contributed by atoms with E-state index in [0.29, 0.717) is 12.2 Å². The zero-order valence-electron chi connectivity index (χ0n) is 11.5. The molecule has 4 nitrogen and oxygen atoms in total. The Labute approximate surface area is 114 Å². The lowest BCUT2D eigenvalue weighted by molar-refractivity contribution is 0.0679. The van der Waals surface area contributed by atoms with Crippen molar-refractivity contribution in [3.63, 3.8) is 0 Å². The predicted octanol–water partition coefficient (Wildman–Crippen LogP) is 2.38. The monoisotopic (exact) mass is 263 g/mol. The minimum absolute atomic E-state index is 0.0549. The number of carbonyl (C=O) groups is 1. The molecule has 1 N–H and O–H groups in total. The van der Waals surface area contributed by atoms with Gasteiger partial charge in [-0.15, -0.1) is 0 Å². The zero-order valence-corrected chi connectivity index (χ0v) is 11.5. The molecule has 1 aliphatic heterocycles. The van der Waals surface area contributed by atoms with Gasteiger partial charge in [0, 0.05) is 18.2 Å². The second-order valence-electron chi connectivity index (χ2n) is 5.10. The molecular weight excluding hydrogens is 242 g/mol. The summed E-state index contributed by atoms with van der Waals surface area (Å²) in [7, 11) is 0. The Morgan fingerprint density at radius 2 is 2.16 bits per heavy atom. The van der Waals surface area contributed by atoms with Crippen LogP contribution in [0.25, 0.3) is 0 Å². The van der Waals surface area contributed by atoms with Crippen LogP contribution in [0.5, 0.6) is 5.75 Å². The van der Waals surface area contributed by atoms with E-state index < -0.39 is 0 Å². The maximum atomic E-state index is 11.8. The number of carbonyl (C=O) groups excluding carboxylic acids is 1. The molecule has 2 rings (SSSR count). The standard InChI is InChI=1S/C15H21NO3/c1-11(2)16-15(17)12-5-7-13(8-6-12)19-10-14-4-3-9-18-14/h5-8,11,14H,3-4,9-10H2,1-2H3,(H,16,17)/t14-/m1/s1. The highest BCUT2D eigenvalue weighted by atomic mass is 16.5. The molecule has 1 amide bonds. The van der Waals surface area contributed by atoms with E-state index in [1.54, 1.807) is 12.1 Å². The van der Waals surface area contributed by atoms with Crippen LogP contribution in [0, 0.1) is 0 Å². The first-order chi connectivity index (χ1) is 9.15. The Kier molecular flexibility index (Phi) is 4.80. The molecule has 1 aliphatic rings. The summed E-state index contributed by atoms with van der Waals surface area (Å²) < 4.78 is 11.1. The van der Waals surface area contributed by atoms with Gasteiger partial charge in [0.15, 0.2) is 0 Å². The van der Waals surface area contributed by atoms with Gasteiger partial charge in [0.25, 0.3) is 5.91 Å². The van der Waals surface area contributed by atoms with Crippen molar-refractivity contribution in [1.29, 1.82) is 0 Å². The highest BCUT2D eigenvalue weighted by Crippen LogP contribution is 2.16. The summed E-state index contributed by atoms with van der Waals surface area (Å²) in [6.07, 6.45) is 2.39. The number of hydrogen-bond acceptors (Lipinski definition) is 3. The van der Waals surface area contributed by atoms with E-state index in [9.17, 15) is 4.79 Å². The summed E-state index contributed by atoms with van der Waals surface area (Å²) in [6, 6.07) is 7.35. The van der Waals surface area contributed by atoms with Crippen LogP contribution in [0.15, 0.2) is 24.3 Å². The first kappa shape index (κ1) is 13.9. The van der Waals surface area contributed by atoms with Crippen LogP contribution in [-0.4, -0.2) is 31.3 Å². The number of nitrogens with one attached hydrogen (secondary N) is 1. The third kappa shape index (κ3) is 4.24. The fourth-order valence-corrected chi connectivity index (χ4v) is 2.01. The molecule has 1 fully saturated rings. The van der Waals surface area contributed by atoms with Gasteiger partial charge >= 0.3 is 0 Å². The van der Waals surface area contributed by atoms with E-state index in [1.807, 2.05) is 26.0 Å². The molecule has 0 unspecified atom stereocenters. The van der Waals surface area contributed by atoms with E-state index in [1.165, 1.54) is 0 Å². The fraction of sp³-hybridized carbons (Fsp3) is 0.533. The molecule has 1 aromatic carbocycles. The van der Waals surface area contributed by atoms with Gasteiger partial charge in [-0.2, -0.15) is 0 Å². The Morgan fingerprint density at radius 1 is 1.42 bits per heavy atom. The third-order valence-corrected chi connectivity index (χ3v) is 3.00. The molecule has 0 aromatic heterocycles. The smallest absolute Gasteiger partial charge is 0.251 e. The van der Waals surface area contributed by atoms with Crippen molar-refractivity contribution in [2.24, 2.45) is 0 Å². The lowest BCUT2D eigenvalue weighted by Crippen LogP contribution is -2.29. The number of ether oxygens (including phenoxy) is 2. The summed E-state index contributed by atoms with van der Waals surface area (Å²) >= 11 is 0. The van der Waals surface area contributed by atoms with Gasteiger partial charge in [-0.05, 0) is 51.0 Å². The third-order valence-electron chi connectivity index (χ3n) is 3.00. The average Bonchev–Trinajstić information content (AvgIpc) is 2.89. The van der Waals surface area contributed by atoms with Crippen LogP contribution in [0.3, 0.4) is 0 Å². The molecule has 19 heavy (non-hydrogen) atoms. The minimum atomic E-state index is -0.0549. The summed E-state index contributed by atoms with van der Waals surface area (Å²) in [4.78, 5) is 11.8. The first-order valence-corrected chi connectivity index (χ1v) is 6.80. The minimum Gasteiger partial charge on any atom is -0.491 e. The molecule has 1 saturated heterocycles. The van der Waals surface area contributed by atoms with Crippen LogP contribution in [0.2, 0.25) is 0 Å². The molecule has 0 saturated carbocycles. The molecule has 1 heterocycles. The fourth-order valence-electron chi connectivity index (χ4n) is 2.01. The molecule has 1 atom stereocenters. The summed E-state index contributed by atoms with van der Waals surface area (Å²) in [5, 5.41) is 2.86. The van der Waals surface area contributed by atoms with Gasteiger partial charge < -0.3 is 14.8 Å². The molecule has 0 spiro atoms. The molecule has 1 aromatic rings. The topological polar surface area (TPSA) is 47.6 Å². The average molecular weight is 263 g/mol. The van der Waals surface area contributed by atoms with Gasteiger partial charge in [0.05, 0.1) is 6.10 Å². The Bertz CT molecular complexity index is 408. The second-order valence-corrected chi connectivity index (χ2v) is 5.10. The quantitative estimate of drug-likeness (QED) is 0.887. The van der Waals surface area contributed by atoms with Crippen molar-refractivity contribution in [3.05, 3.63) is 29.8 Å². The van der Waals surface area contributed by atoms with E-state index in [-0.39, 0.29) is 18.1 Å². The number of rotatable bonds is 5. The van der Waals surface area contributed by atoms with E-state index in [4.69, 9.17) is 9.47 Å². The molecular formula is C15H21NO3. The number of amides is 1. The highest BCUT2D eigenvalue weighted by Gasteiger charge is 2.16. The van der Waals surface area contributed by atoms with E-state index in [2.05, 4.69) is 5.32 Å². The van der Waals surface area contributed by atoms with E-state index in [0.717, 1.165) is 25.2 Å². The highest BCUT2D eigenvalue weighted by molar-refractivity contribution is 5.94. The van der Waals surface area contributed by atoms with Crippen LogP contribution < -0.4 is 10.1 Å². The van der Waals surface area contributed by atoms with Crippen molar-refractivity contribution < 1.29 is 14.3 Å².